The summed E-state index contributed by atoms with van der Waals surface area (Å²) in [4.78, 5) is 0. The van der Waals surface area contributed by atoms with Crippen molar-refractivity contribution in [2.45, 2.75) is 45.4 Å². The van der Waals surface area contributed by atoms with Crippen molar-refractivity contribution < 1.29 is 0 Å². The fourth-order valence-corrected chi connectivity index (χ4v) is 1.64. The van der Waals surface area contributed by atoms with E-state index in [4.69, 9.17) is 0 Å². The number of halogens is 1. The molecule has 0 radical (unpaired) electrons. The van der Waals surface area contributed by atoms with Crippen LogP contribution in [0.25, 0.3) is 0 Å². The third-order valence-electron chi connectivity index (χ3n) is 1.87. The number of hydrogen-bond acceptors (Lipinski definition) is 0. The van der Waals surface area contributed by atoms with Crippen molar-refractivity contribution in [1.29, 1.82) is 0 Å². The summed E-state index contributed by atoms with van der Waals surface area (Å²) < 4.78 is 1.31. The summed E-state index contributed by atoms with van der Waals surface area (Å²) in [5.74, 6) is 0. The highest BCUT2D eigenvalue weighted by Crippen LogP contribution is 2.05. The minimum atomic E-state index is 1.14. The van der Waals surface area contributed by atoms with Crippen LogP contribution in [0.1, 0.15) is 45.4 Å². The molecule has 0 heterocycles. The zero-order valence-corrected chi connectivity index (χ0v) is 10.8. The van der Waals surface area contributed by atoms with Gasteiger partial charge in [-0.25, -0.2) is 0 Å². The zero-order chi connectivity index (χ0) is 9.78. The third-order valence-corrected chi connectivity index (χ3v) is 2.64. The lowest BCUT2D eigenvalue weighted by Gasteiger charge is -1.94. The highest BCUT2D eigenvalue weighted by atomic mass is 127. The maximum absolute atomic E-state index is 2.45. The Morgan fingerprint density at radius 2 is 1.62 bits per heavy atom. The molecule has 0 aliphatic heterocycles. The highest BCUT2D eigenvalue weighted by molar-refractivity contribution is 14.1. The summed E-state index contributed by atoms with van der Waals surface area (Å²) in [6, 6.07) is 0. The molecule has 0 atom stereocenters. The third kappa shape index (κ3) is 12.2. The first-order valence-electron chi connectivity index (χ1n) is 5.29. The molecular formula is C12H21I. The Kier molecular flexibility index (Phi) is 12.4. The summed E-state index contributed by atoms with van der Waals surface area (Å²) in [5.41, 5.74) is 0. The fourth-order valence-electron chi connectivity index (χ4n) is 1.10. The molecule has 1 heteroatoms. The first-order valence-corrected chi connectivity index (χ1v) is 6.82. The van der Waals surface area contributed by atoms with Crippen molar-refractivity contribution in [2.24, 2.45) is 0 Å². The van der Waals surface area contributed by atoms with E-state index in [1.54, 1.807) is 0 Å². The lowest BCUT2D eigenvalue weighted by Crippen LogP contribution is -1.77. The second kappa shape index (κ2) is 12.2. The van der Waals surface area contributed by atoms with Crippen LogP contribution in [0.5, 0.6) is 0 Å². The van der Waals surface area contributed by atoms with E-state index < -0.39 is 0 Å². The van der Waals surface area contributed by atoms with Crippen LogP contribution in [0.15, 0.2) is 24.3 Å². The standard InChI is InChI=1S/C12H21I/c1-2-3-4-5-6-7-8-9-10-11-12-13/h3-6H,2,7-12H2,1H3. The molecule has 13 heavy (non-hydrogen) atoms. The van der Waals surface area contributed by atoms with Gasteiger partial charge in [0.05, 0.1) is 0 Å². The van der Waals surface area contributed by atoms with Crippen molar-refractivity contribution in [1.82, 2.24) is 0 Å². The Balaban J connectivity index is 3.06. The molecule has 0 saturated heterocycles. The van der Waals surface area contributed by atoms with Gasteiger partial charge in [0.2, 0.25) is 0 Å². The van der Waals surface area contributed by atoms with Gasteiger partial charge in [-0.2, -0.15) is 0 Å². The first-order chi connectivity index (χ1) is 6.41. The van der Waals surface area contributed by atoms with Crippen molar-refractivity contribution >= 4 is 22.6 Å². The Morgan fingerprint density at radius 3 is 2.31 bits per heavy atom. The monoisotopic (exact) mass is 292 g/mol. The molecule has 0 bridgehead atoms. The Morgan fingerprint density at radius 1 is 0.923 bits per heavy atom. The summed E-state index contributed by atoms with van der Waals surface area (Å²) in [5, 5.41) is 0. The molecule has 0 aromatic carbocycles. The van der Waals surface area contributed by atoms with Gasteiger partial charge in [0, 0.05) is 0 Å². The zero-order valence-electron chi connectivity index (χ0n) is 8.64. The lowest BCUT2D eigenvalue weighted by molar-refractivity contribution is 0.681. The molecule has 0 nitrogen and oxygen atoms in total. The van der Waals surface area contributed by atoms with Crippen LogP contribution in [-0.4, -0.2) is 4.43 Å². The molecule has 0 unspecified atom stereocenters. The number of hydrogen-bond donors (Lipinski definition) is 0. The Hall–Kier alpha value is 0.210. The molecule has 0 aromatic rings. The minimum absolute atomic E-state index is 1.14. The van der Waals surface area contributed by atoms with Crippen molar-refractivity contribution in [3.8, 4) is 0 Å². The average molecular weight is 292 g/mol. The van der Waals surface area contributed by atoms with Crippen LogP contribution in [0.3, 0.4) is 0 Å². The van der Waals surface area contributed by atoms with Crippen LogP contribution < -0.4 is 0 Å². The molecule has 0 spiro atoms. The number of alkyl halides is 1. The largest absolute Gasteiger partial charge is 0.0864 e. The van der Waals surface area contributed by atoms with E-state index in [9.17, 15) is 0 Å². The van der Waals surface area contributed by atoms with Crippen LogP contribution >= 0.6 is 22.6 Å². The van der Waals surface area contributed by atoms with E-state index in [-0.39, 0.29) is 0 Å². The van der Waals surface area contributed by atoms with Gasteiger partial charge in [0.15, 0.2) is 0 Å². The fraction of sp³-hybridized carbons (Fsp3) is 0.667. The highest BCUT2D eigenvalue weighted by Gasteiger charge is 1.85. The smallest absolute Gasteiger partial charge is 0.000473 e. The second-order valence-electron chi connectivity index (χ2n) is 3.16. The van der Waals surface area contributed by atoms with Crippen LogP contribution in [-0.2, 0) is 0 Å². The van der Waals surface area contributed by atoms with Crippen LogP contribution in [0.2, 0.25) is 0 Å². The molecule has 0 aliphatic carbocycles. The predicted molar refractivity (Wildman–Crippen MR) is 70.5 cm³/mol. The van der Waals surface area contributed by atoms with Gasteiger partial charge < -0.3 is 0 Å². The molecule has 0 aliphatic rings. The molecule has 0 fully saturated rings. The Labute approximate surface area is 96.6 Å². The average Bonchev–Trinajstić information content (AvgIpc) is 2.16. The van der Waals surface area contributed by atoms with Gasteiger partial charge in [-0.05, 0) is 30.1 Å². The number of unbranched alkanes of at least 4 members (excludes halogenated alkanes) is 4. The maximum atomic E-state index is 2.45. The molecular weight excluding hydrogens is 271 g/mol. The summed E-state index contributed by atoms with van der Waals surface area (Å²) in [6.07, 6.45) is 16.7. The topological polar surface area (TPSA) is 0 Å². The van der Waals surface area contributed by atoms with Gasteiger partial charge in [0.1, 0.15) is 0 Å². The normalized spacial score (nSPS) is 11.8. The van der Waals surface area contributed by atoms with E-state index in [0.29, 0.717) is 0 Å². The van der Waals surface area contributed by atoms with E-state index >= 15 is 0 Å². The first kappa shape index (κ1) is 13.2. The van der Waals surface area contributed by atoms with E-state index in [1.165, 1.54) is 36.5 Å². The second-order valence-corrected chi connectivity index (χ2v) is 4.24. The van der Waals surface area contributed by atoms with Crippen molar-refractivity contribution in [2.75, 3.05) is 4.43 Å². The molecule has 0 amide bonds. The van der Waals surface area contributed by atoms with E-state index in [2.05, 4.69) is 53.8 Å². The van der Waals surface area contributed by atoms with E-state index in [1.807, 2.05) is 0 Å². The van der Waals surface area contributed by atoms with Crippen molar-refractivity contribution in [3.05, 3.63) is 24.3 Å². The van der Waals surface area contributed by atoms with Gasteiger partial charge in [-0.15, -0.1) is 0 Å². The number of rotatable bonds is 8. The molecule has 0 aromatic heterocycles. The summed E-state index contributed by atoms with van der Waals surface area (Å²) in [7, 11) is 0. The van der Waals surface area contributed by atoms with Gasteiger partial charge in [-0.1, -0.05) is 66.7 Å². The maximum Gasteiger partial charge on any atom is -0.000473 e. The minimum Gasteiger partial charge on any atom is -0.0864 e. The lowest BCUT2D eigenvalue weighted by atomic mass is 10.1. The molecule has 0 rings (SSSR count). The Bertz CT molecular complexity index is 136. The van der Waals surface area contributed by atoms with Gasteiger partial charge in [-0.3, -0.25) is 0 Å². The summed E-state index contributed by atoms with van der Waals surface area (Å²) >= 11 is 2.45. The SMILES string of the molecule is CCC=CC=CCCCCCCI. The van der Waals surface area contributed by atoms with Crippen LogP contribution in [0, 0.1) is 0 Å². The van der Waals surface area contributed by atoms with Crippen molar-refractivity contribution in [3.63, 3.8) is 0 Å². The van der Waals surface area contributed by atoms with Crippen LogP contribution in [0.4, 0.5) is 0 Å². The van der Waals surface area contributed by atoms with E-state index in [0.717, 1.165) is 6.42 Å². The number of allylic oxidation sites excluding steroid dienone is 4. The molecule has 0 N–H and O–H groups in total. The van der Waals surface area contributed by atoms with Gasteiger partial charge >= 0.3 is 0 Å². The molecule has 76 valence electrons. The predicted octanol–water partition coefficient (Wildman–Crippen LogP) is 4.89. The summed E-state index contributed by atoms with van der Waals surface area (Å²) in [6.45, 7) is 2.16. The quantitative estimate of drug-likeness (QED) is 0.258. The van der Waals surface area contributed by atoms with Gasteiger partial charge in [0.25, 0.3) is 0 Å². The molecule has 0 saturated carbocycles.